The van der Waals surface area contributed by atoms with Crippen molar-refractivity contribution in [1.29, 1.82) is 0 Å². The van der Waals surface area contributed by atoms with Gasteiger partial charge in [0.1, 0.15) is 12.1 Å². The minimum atomic E-state index is -0.659. The Morgan fingerprint density at radius 2 is 1.92 bits per heavy atom. The van der Waals surface area contributed by atoms with Crippen molar-refractivity contribution in [3.63, 3.8) is 0 Å². The molecule has 5 nitrogen and oxygen atoms in total. The molecule has 1 aromatic rings. The van der Waals surface area contributed by atoms with Gasteiger partial charge in [-0.25, -0.2) is 9.18 Å². The monoisotopic (exact) mass is 363 g/mol. The van der Waals surface area contributed by atoms with Gasteiger partial charge in [-0.1, -0.05) is 31.4 Å². The van der Waals surface area contributed by atoms with Crippen LogP contribution in [0.5, 0.6) is 5.75 Å². The first kappa shape index (κ1) is 18.7. The number of methoxy groups -OCH3 is 1. The fourth-order valence-electron chi connectivity index (χ4n) is 3.99. The summed E-state index contributed by atoms with van der Waals surface area (Å²) in [4.78, 5) is 26.5. The van der Waals surface area contributed by atoms with Gasteiger partial charge in [0, 0.05) is 12.8 Å². The van der Waals surface area contributed by atoms with Crippen LogP contribution in [-0.4, -0.2) is 42.6 Å². The highest BCUT2D eigenvalue weighted by Gasteiger charge is 2.42. The normalized spacial score (nSPS) is 23.7. The SMILES string of the molecule is COC(=O)C1CC(Oc2ccccc2F)CN1C(=O)CC1CCCCC1. The van der Waals surface area contributed by atoms with Crippen LogP contribution in [0.1, 0.15) is 44.9 Å². The quantitative estimate of drug-likeness (QED) is 0.753. The largest absolute Gasteiger partial charge is 0.485 e. The lowest BCUT2D eigenvalue weighted by Crippen LogP contribution is -2.42. The second-order valence-corrected chi connectivity index (χ2v) is 7.20. The van der Waals surface area contributed by atoms with Crippen molar-refractivity contribution < 1.29 is 23.5 Å². The van der Waals surface area contributed by atoms with E-state index in [2.05, 4.69) is 0 Å². The van der Waals surface area contributed by atoms with E-state index < -0.39 is 23.9 Å². The van der Waals surface area contributed by atoms with Gasteiger partial charge in [0.2, 0.25) is 5.91 Å². The molecular formula is C20H26FNO4. The Labute approximate surface area is 153 Å². The number of esters is 1. The van der Waals surface area contributed by atoms with E-state index in [1.54, 1.807) is 23.1 Å². The lowest BCUT2D eigenvalue weighted by molar-refractivity contribution is -0.151. The first-order valence-electron chi connectivity index (χ1n) is 9.37. The Morgan fingerprint density at radius 1 is 1.19 bits per heavy atom. The van der Waals surface area contributed by atoms with E-state index in [0.717, 1.165) is 25.7 Å². The van der Waals surface area contributed by atoms with E-state index in [1.807, 2.05) is 0 Å². The minimum absolute atomic E-state index is 0.0352. The standard InChI is InChI=1S/C20H26FNO4/c1-25-20(24)17-12-15(26-18-10-6-5-9-16(18)21)13-22(17)19(23)11-14-7-3-2-4-8-14/h5-6,9-10,14-15,17H,2-4,7-8,11-13H2,1H3. The molecule has 2 aliphatic rings. The number of hydrogen-bond donors (Lipinski definition) is 0. The highest BCUT2D eigenvalue weighted by Crippen LogP contribution is 2.30. The molecule has 0 spiro atoms. The van der Waals surface area contributed by atoms with Gasteiger partial charge in [-0.3, -0.25) is 4.79 Å². The van der Waals surface area contributed by atoms with Gasteiger partial charge >= 0.3 is 5.97 Å². The van der Waals surface area contributed by atoms with Crippen LogP contribution in [-0.2, 0) is 14.3 Å². The Kier molecular flexibility index (Phi) is 6.12. The summed E-state index contributed by atoms with van der Waals surface area (Å²) in [5.41, 5.74) is 0. The molecule has 26 heavy (non-hydrogen) atoms. The lowest BCUT2D eigenvalue weighted by Gasteiger charge is -2.26. The summed E-state index contributed by atoms with van der Waals surface area (Å²) < 4.78 is 24.4. The van der Waals surface area contributed by atoms with Crippen molar-refractivity contribution in [3.8, 4) is 5.75 Å². The van der Waals surface area contributed by atoms with E-state index in [-0.39, 0.29) is 18.2 Å². The third-order valence-corrected chi connectivity index (χ3v) is 5.37. The number of carbonyl (C=O) groups is 2. The average molecular weight is 363 g/mol. The van der Waals surface area contributed by atoms with Gasteiger partial charge in [0.05, 0.1) is 13.7 Å². The highest BCUT2D eigenvalue weighted by atomic mass is 19.1. The molecule has 0 aromatic heterocycles. The molecule has 1 aromatic carbocycles. The predicted molar refractivity (Wildman–Crippen MR) is 94.1 cm³/mol. The summed E-state index contributed by atoms with van der Waals surface area (Å²) in [7, 11) is 1.32. The van der Waals surface area contributed by atoms with Gasteiger partial charge in [-0.05, 0) is 30.9 Å². The Balaban J connectivity index is 1.67. The molecule has 1 aliphatic carbocycles. The van der Waals surface area contributed by atoms with Crippen LogP contribution in [0, 0.1) is 11.7 Å². The van der Waals surface area contributed by atoms with Crippen LogP contribution >= 0.6 is 0 Å². The van der Waals surface area contributed by atoms with Crippen molar-refractivity contribution in [1.82, 2.24) is 4.90 Å². The number of rotatable bonds is 5. The molecule has 142 valence electrons. The fourth-order valence-corrected chi connectivity index (χ4v) is 3.99. The first-order chi connectivity index (χ1) is 12.6. The summed E-state index contributed by atoms with van der Waals surface area (Å²) >= 11 is 0. The molecule has 1 saturated heterocycles. The molecular weight excluding hydrogens is 337 g/mol. The lowest BCUT2D eigenvalue weighted by atomic mass is 9.86. The van der Waals surface area contributed by atoms with Gasteiger partial charge in [0.25, 0.3) is 0 Å². The third-order valence-electron chi connectivity index (χ3n) is 5.37. The van der Waals surface area contributed by atoms with E-state index in [4.69, 9.17) is 9.47 Å². The number of hydrogen-bond acceptors (Lipinski definition) is 4. The molecule has 0 N–H and O–H groups in total. The van der Waals surface area contributed by atoms with E-state index in [0.29, 0.717) is 18.8 Å². The minimum Gasteiger partial charge on any atom is -0.485 e. The second-order valence-electron chi connectivity index (χ2n) is 7.20. The van der Waals surface area contributed by atoms with Crippen molar-refractivity contribution >= 4 is 11.9 Å². The zero-order chi connectivity index (χ0) is 18.5. The molecule has 1 amide bonds. The van der Waals surface area contributed by atoms with E-state index in [9.17, 15) is 14.0 Å². The summed E-state index contributed by atoms with van der Waals surface area (Å²) in [6.07, 6.45) is 6.05. The van der Waals surface area contributed by atoms with Crippen LogP contribution in [0.25, 0.3) is 0 Å². The zero-order valence-electron chi connectivity index (χ0n) is 15.2. The number of ether oxygens (including phenoxy) is 2. The van der Waals surface area contributed by atoms with Crippen molar-refractivity contribution in [2.24, 2.45) is 5.92 Å². The van der Waals surface area contributed by atoms with Gasteiger partial charge in [-0.2, -0.15) is 0 Å². The van der Waals surface area contributed by atoms with Crippen LogP contribution in [0.2, 0.25) is 0 Å². The Morgan fingerprint density at radius 3 is 2.62 bits per heavy atom. The van der Waals surface area contributed by atoms with Gasteiger partial charge in [0.15, 0.2) is 11.6 Å². The maximum Gasteiger partial charge on any atom is 0.328 e. The molecule has 2 fully saturated rings. The van der Waals surface area contributed by atoms with Crippen molar-refractivity contribution in [3.05, 3.63) is 30.1 Å². The second kappa shape index (κ2) is 8.52. The number of nitrogens with zero attached hydrogens (tertiary/aromatic N) is 1. The molecule has 1 saturated carbocycles. The predicted octanol–water partition coefficient (Wildman–Crippen LogP) is 3.32. The van der Waals surface area contributed by atoms with E-state index >= 15 is 0 Å². The van der Waals surface area contributed by atoms with Crippen molar-refractivity contribution in [2.75, 3.05) is 13.7 Å². The van der Waals surface area contributed by atoms with Crippen LogP contribution in [0.3, 0.4) is 0 Å². The van der Waals surface area contributed by atoms with Crippen LogP contribution in [0.15, 0.2) is 24.3 Å². The molecule has 1 aliphatic heterocycles. The molecule has 2 atom stereocenters. The highest BCUT2D eigenvalue weighted by molar-refractivity contribution is 5.85. The molecule has 6 heteroatoms. The maximum atomic E-state index is 13.8. The fraction of sp³-hybridized carbons (Fsp3) is 0.600. The smallest absolute Gasteiger partial charge is 0.328 e. The molecule has 0 radical (unpaired) electrons. The molecule has 3 rings (SSSR count). The number of likely N-dealkylation sites (tertiary alicyclic amines) is 1. The summed E-state index contributed by atoms with van der Waals surface area (Å²) in [5, 5.41) is 0. The number of benzene rings is 1. The third kappa shape index (κ3) is 4.34. The summed E-state index contributed by atoms with van der Waals surface area (Å²) in [5.74, 6) is -0.397. The number of amides is 1. The van der Waals surface area contributed by atoms with E-state index in [1.165, 1.54) is 19.6 Å². The summed E-state index contributed by atoms with van der Waals surface area (Å²) in [6, 6.07) is 5.50. The average Bonchev–Trinajstić information content (AvgIpc) is 3.08. The number of carbonyl (C=O) groups excluding carboxylic acids is 2. The molecule has 0 bridgehead atoms. The molecule has 1 heterocycles. The summed E-state index contributed by atoms with van der Waals surface area (Å²) in [6.45, 7) is 0.277. The Hall–Kier alpha value is -2.11. The topological polar surface area (TPSA) is 55.8 Å². The first-order valence-corrected chi connectivity index (χ1v) is 9.37. The zero-order valence-corrected chi connectivity index (χ0v) is 15.2. The maximum absolute atomic E-state index is 13.8. The van der Waals surface area contributed by atoms with Crippen LogP contribution < -0.4 is 4.74 Å². The van der Waals surface area contributed by atoms with Crippen LogP contribution in [0.4, 0.5) is 4.39 Å². The molecule has 2 unspecified atom stereocenters. The Bertz CT molecular complexity index is 644. The van der Waals surface area contributed by atoms with Gasteiger partial charge in [-0.15, -0.1) is 0 Å². The number of halogens is 1. The number of para-hydroxylation sites is 1. The van der Waals surface area contributed by atoms with Gasteiger partial charge < -0.3 is 14.4 Å². The van der Waals surface area contributed by atoms with Crippen molar-refractivity contribution in [2.45, 2.75) is 57.1 Å².